The van der Waals surface area contributed by atoms with Crippen LogP contribution in [0.3, 0.4) is 0 Å². The summed E-state index contributed by atoms with van der Waals surface area (Å²) in [6.45, 7) is 1.70. The van der Waals surface area contributed by atoms with Gasteiger partial charge in [0.05, 0.1) is 11.8 Å². The predicted octanol–water partition coefficient (Wildman–Crippen LogP) is 1.36. The Kier molecular flexibility index (Phi) is 4.36. The largest absolute Gasteiger partial charge is 0.340 e. The second-order valence-corrected chi connectivity index (χ2v) is 5.13. The summed E-state index contributed by atoms with van der Waals surface area (Å²) < 4.78 is 0. The molecule has 5 heteroatoms. The zero-order valence-electron chi connectivity index (χ0n) is 11.2. The number of hydrogen-bond acceptors (Lipinski definition) is 3. The van der Waals surface area contributed by atoms with Crippen molar-refractivity contribution in [2.24, 2.45) is 0 Å². The summed E-state index contributed by atoms with van der Waals surface area (Å²) in [6, 6.07) is 0.711. The monoisotopic (exact) mass is 250 g/mol. The molecular weight excluding hydrogens is 228 g/mol. The number of likely N-dealkylation sites (N-methyl/N-ethyl adjacent to an activating group) is 2. The summed E-state index contributed by atoms with van der Waals surface area (Å²) in [5.74, 6) is 0.0311. The fourth-order valence-electron chi connectivity index (χ4n) is 2.53. The Morgan fingerprint density at radius 2 is 2.11 bits per heavy atom. The molecule has 18 heavy (non-hydrogen) atoms. The van der Waals surface area contributed by atoms with Crippen LogP contribution in [0.1, 0.15) is 36.0 Å². The third-order valence-electron chi connectivity index (χ3n) is 3.83. The minimum atomic E-state index is 0.0311. The van der Waals surface area contributed by atoms with Gasteiger partial charge in [-0.2, -0.15) is 5.10 Å². The van der Waals surface area contributed by atoms with Crippen molar-refractivity contribution < 1.29 is 4.79 Å². The molecule has 1 heterocycles. The zero-order valence-corrected chi connectivity index (χ0v) is 11.2. The van der Waals surface area contributed by atoms with Gasteiger partial charge in [-0.25, -0.2) is 0 Å². The van der Waals surface area contributed by atoms with Gasteiger partial charge in [-0.3, -0.25) is 9.89 Å². The van der Waals surface area contributed by atoms with E-state index in [1.165, 1.54) is 25.7 Å². The standard InChI is InChI=1S/C13H22N4O/c1-16(12-5-3-4-6-12)7-8-17(2)13(18)11-9-14-15-10-11/h9-10,12H,3-8H2,1-2H3,(H,14,15). The van der Waals surface area contributed by atoms with Crippen LogP contribution in [-0.2, 0) is 0 Å². The maximum Gasteiger partial charge on any atom is 0.256 e. The molecule has 0 bridgehead atoms. The number of carbonyl (C=O) groups is 1. The lowest BCUT2D eigenvalue weighted by Crippen LogP contribution is -2.38. The van der Waals surface area contributed by atoms with Crippen molar-refractivity contribution in [2.45, 2.75) is 31.7 Å². The van der Waals surface area contributed by atoms with Gasteiger partial charge in [0.15, 0.2) is 0 Å². The van der Waals surface area contributed by atoms with E-state index in [9.17, 15) is 4.79 Å². The molecule has 1 N–H and O–H groups in total. The highest BCUT2D eigenvalue weighted by atomic mass is 16.2. The molecule has 100 valence electrons. The summed E-state index contributed by atoms with van der Waals surface area (Å²) in [5, 5.41) is 6.47. The van der Waals surface area contributed by atoms with Gasteiger partial charge < -0.3 is 9.80 Å². The number of aromatic nitrogens is 2. The molecule has 0 unspecified atom stereocenters. The quantitative estimate of drug-likeness (QED) is 0.858. The summed E-state index contributed by atoms with van der Waals surface area (Å²) in [6.07, 6.45) is 8.50. The Balaban J connectivity index is 1.77. The predicted molar refractivity (Wildman–Crippen MR) is 70.4 cm³/mol. The number of nitrogens with one attached hydrogen (secondary N) is 1. The van der Waals surface area contributed by atoms with E-state index in [1.807, 2.05) is 7.05 Å². The van der Waals surface area contributed by atoms with E-state index in [-0.39, 0.29) is 5.91 Å². The number of hydrogen-bond donors (Lipinski definition) is 1. The van der Waals surface area contributed by atoms with Gasteiger partial charge in [0.2, 0.25) is 0 Å². The summed E-state index contributed by atoms with van der Waals surface area (Å²) >= 11 is 0. The first-order valence-corrected chi connectivity index (χ1v) is 6.63. The lowest BCUT2D eigenvalue weighted by atomic mass is 10.2. The molecule has 5 nitrogen and oxygen atoms in total. The summed E-state index contributed by atoms with van der Waals surface area (Å²) in [7, 11) is 4.00. The molecule has 0 aliphatic heterocycles. The number of H-pyrrole nitrogens is 1. The van der Waals surface area contributed by atoms with Crippen LogP contribution in [-0.4, -0.2) is 59.1 Å². The van der Waals surface area contributed by atoms with E-state index in [0.717, 1.165) is 13.1 Å². The van der Waals surface area contributed by atoms with E-state index in [1.54, 1.807) is 17.3 Å². The average molecular weight is 250 g/mol. The molecule has 0 aromatic carbocycles. The fourth-order valence-corrected chi connectivity index (χ4v) is 2.53. The van der Waals surface area contributed by atoms with Crippen LogP contribution < -0.4 is 0 Å². The van der Waals surface area contributed by atoms with Gasteiger partial charge in [-0.15, -0.1) is 0 Å². The topological polar surface area (TPSA) is 52.2 Å². The van der Waals surface area contributed by atoms with E-state index in [0.29, 0.717) is 11.6 Å². The third-order valence-corrected chi connectivity index (χ3v) is 3.83. The van der Waals surface area contributed by atoms with Gasteiger partial charge in [-0.1, -0.05) is 12.8 Å². The molecule has 0 saturated heterocycles. The normalized spacial score (nSPS) is 16.4. The molecule has 0 atom stereocenters. The van der Waals surface area contributed by atoms with E-state index in [4.69, 9.17) is 0 Å². The minimum Gasteiger partial charge on any atom is -0.340 e. The SMILES string of the molecule is CN(CCN(C)C1CCCC1)C(=O)c1cn[nH]c1. The molecule has 1 fully saturated rings. The summed E-state index contributed by atoms with van der Waals surface area (Å²) in [4.78, 5) is 16.1. The van der Waals surface area contributed by atoms with E-state index < -0.39 is 0 Å². The van der Waals surface area contributed by atoms with Crippen LogP contribution in [0.2, 0.25) is 0 Å². The highest BCUT2D eigenvalue weighted by molar-refractivity contribution is 5.93. The highest BCUT2D eigenvalue weighted by Gasteiger charge is 2.20. The van der Waals surface area contributed by atoms with Crippen molar-refractivity contribution in [3.05, 3.63) is 18.0 Å². The molecule has 2 rings (SSSR count). The number of nitrogens with zero attached hydrogens (tertiary/aromatic N) is 3. The average Bonchev–Trinajstić information content (AvgIpc) is 3.05. The third kappa shape index (κ3) is 3.10. The van der Waals surface area contributed by atoms with Gasteiger partial charge in [-0.05, 0) is 19.9 Å². The molecule has 1 saturated carbocycles. The Labute approximate surface area is 108 Å². The molecule has 1 amide bonds. The molecule has 0 spiro atoms. The first-order chi connectivity index (χ1) is 8.68. The van der Waals surface area contributed by atoms with Crippen molar-refractivity contribution in [3.8, 4) is 0 Å². The van der Waals surface area contributed by atoms with Gasteiger partial charge >= 0.3 is 0 Å². The molecular formula is C13H22N4O. The van der Waals surface area contributed by atoms with Crippen molar-refractivity contribution >= 4 is 5.91 Å². The Hall–Kier alpha value is -1.36. The number of aromatic amines is 1. The first kappa shape index (κ1) is 13.1. The van der Waals surface area contributed by atoms with Gasteiger partial charge in [0.1, 0.15) is 0 Å². The van der Waals surface area contributed by atoms with E-state index in [2.05, 4.69) is 22.1 Å². The number of rotatable bonds is 5. The molecule has 0 radical (unpaired) electrons. The van der Waals surface area contributed by atoms with Crippen molar-refractivity contribution in [1.29, 1.82) is 0 Å². The zero-order chi connectivity index (χ0) is 13.0. The van der Waals surface area contributed by atoms with Crippen LogP contribution in [0.15, 0.2) is 12.4 Å². The van der Waals surface area contributed by atoms with Crippen LogP contribution in [0, 0.1) is 0 Å². The fraction of sp³-hybridized carbons (Fsp3) is 0.692. The second kappa shape index (κ2) is 6.00. The Morgan fingerprint density at radius 3 is 2.72 bits per heavy atom. The maximum absolute atomic E-state index is 12.0. The lowest BCUT2D eigenvalue weighted by Gasteiger charge is -2.26. The number of carbonyl (C=O) groups excluding carboxylic acids is 1. The van der Waals surface area contributed by atoms with Crippen LogP contribution in [0.4, 0.5) is 0 Å². The van der Waals surface area contributed by atoms with Gasteiger partial charge in [0.25, 0.3) is 5.91 Å². The Bertz CT molecular complexity index is 370. The summed E-state index contributed by atoms with van der Waals surface area (Å²) in [5.41, 5.74) is 0.626. The van der Waals surface area contributed by atoms with Gasteiger partial charge in [0, 0.05) is 32.4 Å². The van der Waals surface area contributed by atoms with Crippen molar-refractivity contribution in [3.63, 3.8) is 0 Å². The van der Waals surface area contributed by atoms with E-state index >= 15 is 0 Å². The molecule has 1 aromatic rings. The lowest BCUT2D eigenvalue weighted by molar-refractivity contribution is 0.0774. The minimum absolute atomic E-state index is 0.0311. The number of amides is 1. The van der Waals surface area contributed by atoms with Crippen LogP contribution in [0.5, 0.6) is 0 Å². The smallest absolute Gasteiger partial charge is 0.256 e. The van der Waals surface area contributed by atoms with Crippen LogP contribution >= 0.6 is 0 Å². The molecule has 1 aromatic heterocycles. The van der Waals surface area contributed by atoms with Crippen molar-refractivity contribution in [2.75, 3.05) is 27.2 Å². The molecule has 1 aliphatic carbocycles. The highest BCUT2D eigenvalue weighted by Crippen LogP contribution is 2.22. The van der Waals surface area contributed by atoms with Crippen LogP contribution in [0.25, 0.3) is 0 Å². The maximum atomic E-state index is 12.0. The first-order valence-electron chi connectivity index (χ1n) is 6.63. The molecule has 1 aliphatic rings. The second-order valence-electron chi connectivity index (χ2n) is 5.13. The Morgan fingerprint density at radius 1 is 1.39 bits per heavy atom. The van der Waals surface area contributed by atoms with Crippen molar-refractivity contribution in [1.82, 2.24) is 20.0 Å².